The number of nitrogen functional groups attached to an aromatic ring is 1. The number of nitrogens with zero attached hydrogens (tertiary/aromatic N) is 5. The Labute approximate surface area is 203 Å². The highest BCUT2D eigenvalue weighted by molar-refractivity contribution is 5.98. The van der Waals surface area contributed by atoms with E-state index in [0.29, 0.717) is 22.6 Å². The maximum absolute atomic E-state index is 14.7. The molecule has 5 rings (SSSR count). The molecule has 0 aromatic carbocycles. The molecule has 2 atom stereocenters. The first-order valence-electron chi connectivity index (χ1n) is 11.3. The molecule has 2 aliphatic rings. The second-order valence-corrected chi connectivity index (χ2v) is 9.20. The molecule has 1 aliphatic heterocycles. The molecule has 0 spiro atoms. The van der Waals surface area contributed by atoms with Crippen molar-refractivity contribution >= 4 is 23.1 Å². The van der Waals surface area contributed by atoms with Crippen LogP contribution in [0.3, 0.4) is 0 Å². The van der Waals surface area contributed by atoms with Crippen molar-refractivity contribution in [2.24, 2.45) is 5.92 Å². The van der Waals surface area contributed by atoms with E-state index >= 15 is 0 Å². The number of fused-ring (bicyclic) bond motifs is 1. The molecule has 190 valence electrons. The molecule has 4 heterocycles. The van der Waals surface area contributed by atoms with Gasteiger partial charge in [-0.05, 0) is 24.6 Å². The molecule has 3 aromatic heterocycles. The molecule has 1 aliphatic carbocycles. The van der Waals surface area contributed by atoms with E-state index in [9.17, 15) is 22.8 Å². The number of carbonyl (C=O) groups is 2. The first kappa shape index (κ1) is 23.8. The summed E-state index contributed by atoms with van der Waals surface area (Å²) in [6.07, 6.45) is 0.219. The summed E-state index contributed by atoms with van der Waals surface area (Å²) < 4.78 is 47.8. The van der Waals surface area contributed by atoms with E-state index in [2.05, 4.69) is 20.4 Å². The van der Waals surface area contributed by atoms with Gasteiger partial charge in [-0.1, -0.05) is 0 Å². The summed E-state index contributed by atoms with van der Waals surface area (Å²) in [5, 5.41) is 6.84. The first-order valence-corrected chi connectivity index (χ1v) is 11.3. The van der Waals surface area contributed by atoms with Gasteiger partial charge in [0.1, 0.15) is 23.6 Å². The van der Waals surface area contributed by atoms with Crippen LogP contribution in [0.2, 0.25) is 0 Å². The van der Waals surface area contributed by atoms with Gasteiger partial charge in [0.05, 0.1) is 25.4 Å². The number of ether oxygens (including phenoxy) is 1. The van der Waals surface area contributed by atoms with E-state index in [1.54, 1.807) is 10.6 Å². The Kier molecular flexibility index (Phi) is 5.72. The van der Waals surface area contributed by atoms with E-state index in [1.807, 2.05) is 13.0 Å². The summed E-state index contributed by atoms with van der Waals surface area (Å²) in [4.78, 5) is 35.0. The number of aryl methyl sites for hydroxylation is 1. The van der Waals surface area contributed by atoms with Gasteiger partial charge in [-0.25, -0.2) is 27.7 Å². The SMILES string of the molecule is COc1ncc(-c2cc(C)c3c(N)ncnn23)cc1C(=O)NC1CN(C(=O)C2CC(F)(F)C2)C[C@@H]1F. The molecule has 2 fully saturated rings. The Morgan fingerprint density at radius 3 is 2.67 bits per heavy atom. The van der Waals surface area contributed by atoms with Crippen LogP contribution in [0.4, 0.5) is 19.0 Å². The number of nitrogens with two attached hydrogens (primary N) is 1. The van der Waals surface area contributed by atoms with Crippen molar-refractivity contribution in [1.29, 1.82) is 0 Å². The van der Waals surface area contributed by atoms with Gasteiger partial charge >= 0.3 is 0 Å². The zero-order valence-electron chi connectivity index (χ0n) is 19.5. The number of pyridine rings is 1. The molecule has 1 unspecified atom stereocenters. The van der Waals surface area contributed by atoms with Crippen LogP contribution in [0.5, 0.6) is 5.88 Å². The number of rotatable bonds is 5. The monoisotopic (exact) mass is 503 g/mol. The van der Waals surface area contributed by atoms with Gasteiger partial charge in [-0.2, -0.15) is 5.10 Å². The van der Waals surface area contributed by atoms with Crippen molar-refractivity contribution in [3.05, 3.63) is 35.8 Å². The van der Waals surface area contributed by atoms with Crippen LogP contribution in [0.15, 0.2) is 24.7 Å². The predicted molar refractivity (Wildman–Crippen MR) is 122 cm³/mol. The largest absolute Gasteiger partial charge is 0.480 e. The number of carbonyl (C=O) groups excluding carboxylic acids is 2. The summed E-state index contributed by atoms with van der Waals surface area (Å²) in [7, 11) is 1.35. The molecule has 0 bridgehead atoms. The fourth-order valence-corrected chi connectivity index (χ4v) is 4.80. The number of likely N-dealkylation sites (tertiary alicyclic amines) is 1. The Morgan fingerprint density at radius 2 is 1.97 bits per heavy atom. The quantitative estimate of drug-likeness (QED) is 0.545. The summed E-state index contributed by atoms with van der Waals surface area (Å²) in [6.45, 7) is 1.47. The summed E-state index contributed by atoms with van der Waals surface area (Å²) in [5.41, 5.74) is 8.63. The molecule has 2 amide bonds. The highest BCUT2D eigenvalue weighted by atomic mass is 19.3. The minimum Gasteiger partial charge on any atom is -0.480 e. The van der Waals surface area contributed by atoms with Crippen molar-refractivity contribution in [2.45, 2.75) is 37.9 Å². The highest BCUT2D eigenvalue weighted by Gasteiger charge is 2.51. The Bertz CT molecular complexity index is 1350. The van der Waals surface area contributed by atoms with Crippen LogP contribution in [0.1, 0.15) is 28.8 Å². The van der Waals surface area contributed by atoms with Crippen molar-refractivity contribution in [2.75, 3.05) is 25.9 Å². The molecule has 3 aromatic rings. The smallest absolute Gasteiger partial charge is 0.257 e. The number of nitrogens with one attached hydrogen (secondary N) is 1. The lowest BCUT2D eigenvalue weighted by molar-refractivity contribution is -0.159. The van der Waals surface area contributed by atoms with E-state index in [1.165, 1.54) is 24.5 Å². The minimum absolute atomic E-state index is 0.0287. The lowest BCUT2D eigenvalue weighted by Crippen LogP contribution is -2.47. The lowest BCUT2D eigenvalue weighted by atomic mass is 9.80. The fraction of sp³-hybridized carbons (Fsp3) is 0.435. The van der Waals surface area contributed by atoms with E-state index in [4.69, 9.17) is 10.5 Å². The van der Waals surface area contributed by atoms with Crippen LogP contribution in [0.25, 0.3) is 16.8 Å². The van der Waals surface area contributed by atoms with Gasteiger partial charge in [0.25, 0.3) is 5.91 Å². The van der Waals surface area contributed by atoms with E-state index in [-0.39, 0.29) is 24.5 Å². The predicted octanol–water partition coefficient (Wildman–Crippen LogP) is 2.01. The number of alkyl halides is 3. The molecule has 10 nitrogen and oxygen atoms in total. The third-order valence-corrected chi connectivity index (χ3v) is 6.67. The average Bonchev–Trinajstić information content (AvgIpc) is 3.36. The van der Waals surface area contributed by atoms with E-state index < -0.39 is 48.7 Å². The highest BCUT2D eigenvalue weighted by Crippen LogP contribution is 2.43. The van der Waals surface area contributed by atoms with Gasteiger partial charge in [-0.15, -0.1) is 0 Å². The molecule has 0 radical (unpaired) electrons. The zero-order valence-corrected chi connectivity index (χ0v) is 19.5. The average molecular weight is 503 g/mol. The van der Waals surface area contributed by atoms with Gasteiger partial charge < -0.3 is 20.7 Å². The zero-order chi connectivity index (χ0) is 25.8. The summed E-state index contributed by atoms with van der Waals surface area (Å²) in [5.74, 6) is -4.50. The standard InChI is InChI=1S/C23H24F3N7O3/c1-11-3-17(33-18(11)19(27)29-10-30-33)12-4-14(21(36-2)28-7-12)20(34)31-16-9-32(8-15(16)24)22(35)13-5-23(25,26)6-13/h3-4,7,10,13,15-16H,5-6,8-9H2,1-2H3,(H,31,34)(H2,27,29,30)/t15-,16?/m0/s1. The molecule has 1 saturated carbocycles. The Hall–Kier alpha value is -3.90. The molecular weight excluding hydrogens is 479 g/mol. The van der Waals surface area contributed by atoms with E-state index in [0.717, 1.165) is 5.56 Å². The molecule has 3 N–H and O–H groups in total. The number of halogens is 3. The van der Waals surface area contributed by atoms with Gasteiger partial charge in [0.2, 0.25) is 17.7 Å². The third kappa shape index (κ3) is 4.07. The van der Waals surface area contributed by atoms with Crippen LogP contribution in [0, 0.1) is 12.8 Å². The molecule has 13 heteroatoms. The number of amides is 2. The first-order chi connectivity index (χ1) is 17.1. The fourth-order valence-electron chi connectivity index (χ4n) is 4.80. The van der Waals surface area contributed by atoms with Crippen LogP contribution in [-0.4, -0.2) is 74.6 Å². The number of methoxy groups -OCH3 is 1. The van der Waals surface area contributed by atoms with Crippen LogP contribution < -0.4 is 15.8 Å². The number of hydrogen-bond acceptors (Lipinski definition) is 7. The normalized spacial score (nSPS) is 21.4. The van der Waals surface area contributed by atoms with Crippen molar-refractivity contribution in [1.82, 2.24) is 29.8 Å². The van der Waals surface area contributed by atoms with Gasteiger partial charge in [0, 0.05) is 37.1 Å². The third-order valence-electron chi connectivity index (χ3n) is 6.67. The van der Waals surface area contributed by atoms with Crippen LogP contribution in [-0.2, 0) is 4.79 Å². The Balaban J connectivity index is 1.37. The molecular formula is C23H24F3N7O3. The van der Waals surface area contributed by atoms with Gasteiger partial charge in [-0.3, -0.25) is 9.59 Å². The van der Waals surface area contributed by atoms with Crippen molar-refractivity contribution < 1.29 is 27.5 Å². The molecule has 36 heavy (non-hydrogen) atoms. The lowest BCUT2D eigenvalue weighted by Gasteiger charge is -2.36. The second kappa shape index (κ2) is 8.64. The Morgan fingerprint density at radius 1 is 1.22 bits per heavy atom. The van der Waals surface area contributed by atoms with Crippen molar-refractivity contribution in [3.63, 3.8) is 0 Å². The maximum Gasteiger partial charge on any atom is 0.257 e. The molecule has 1 saturated heterocycles. The topological polar surface area (TPSA) is 128 Å². The summed E-state index contributed by atoms with van der Waals surface area (Å²) >= 11 is 0. The van der Waals surface area contributed by atoms with Crippen molar-refractivity contribution in [3.8, 4) is 17.1 Å². The number of aromatic nitrogens is 4. The maximum atomic E-state index is 14.7. The van der Waals surface area contributed by atoms with Gasteiger partial charge in [0.15, 0.2) is 5.82 Å². The number of hydrogen-bond donors (Lipinski definition) is 2. The number of anilines is 1. The van der Waals surface area contributed by atoms with Crippen LogP contribution >= 0.6 is 0 Å². The minimum atomic E-state index is -2.85. The second-order valence-electron chi connectivity index (χ2n) is 9.20. The summed E-state index contributed by atoms with van der Waals surface area (Å²) in [6, 6.07) is 2.37.